The van der Waals surface area contributed by atoms with E-state index < -0.39 is 11.9 Å². The first-order valence-electron chi connectivity index (χ1n) is 4.58. The van der Waals surface area contributed by atoms with Gasteiger partial charge in [-0.2, -0.15) is 4.98 Å². The van der Waals surface area contributed by atoms with Gasteiger partial charge in [0.15, 0.2) is 5.82 Å². The van der Waals surface area contributed by atoms with Gasteiger partial charge >= 0.3 is 0 Å². The summed E-state index contributed by atoms with van der Waals surface area (Å²) in [6.45, 7) is 1.68. The summed E-state index contributed by atoms with van der Waals surface area (Å²) in [6.07, 6.45) is 0. The molecule has 4 nitrogen and oxygen atoms in total. The largest absolute Gasteiger partial charge is 0.337 e. The third kappa shape index (κ3) is 2.05. The molecule has 1 aromatic carbocycles. The molecule has 1 unspecified atom stereocenters. The Labute approximate surface area is 96.2 Å². The Kier molecular flexibility index (Phi) is 2.89. The van der Waals surface area contributed by atoms with Crippen LogP contribution in [-0.2, 0) is 0 Å². The van der Waals surface area contributed by atoms with Crippen LogP contribution >= 0.6 is 11.6 Å². The Morgan fingerprint density at radius 2 is 2.25 bits per heavy atom. The maximum absolute atomic E-state index is 13.2. The molecule has 0 radical (unpaired) electrons. The minimum Gasteiger partial charge on any atom is -0.337 e. The van der Waals surface area contributed by atoms with E-state index in [4.69, 9.17) is 21.9 Å². The Hall–Kier alpha value is -1.46. The lowest BCUT2D eigenvalue weighted by atomic mass is 10.1. The van der Waals surface area contributed by atoms with Crippen LogP contribution in [0.15, 0.2) is 22.7 Å². The van der Waals surface area contributed by atoms with Gasteiger partial charge < -0.3 is 10.3 Å². The number of nitrogens with two attached hydrogens (primary N) is 1. The highest BCUT2D eigenvalue weighted by Gasteiger charge is 2.16. The van der Waals surface area contributed by atoms with Crippen molar-refractivity contribution in [1.82, 2.24) is 10.1 Å². The molecule has 2 rings (SSSR count). The molecule has 0 aliphatic rings. The van der Waals surface area contributed by atoms with Crippen LogP contribution in [0, 0.1) is 12.7 Å². The van der Waals surface area contributed by atoms with E-state index in [1.807, 2.05) is 0 Å². The Balaban J connectivity index is 2.33. The topological polar surface area (TPSA) is 64.9 Å². The van der Waals surface area contributed by atoms with Gasteiger partial charge in [0.25, 0.3) is 0 Å². The quantitative estimate of drug-likeness (QED) is 0.876. The van der Waals surface area contributed by atoms with Crippen molar-refractivity contribution in [3.8, 4) is 0 Å². The minimum absolute atomic E-state index is 0.0534. The molecule has 1 heterocycles. The first-order valence-corrected chi connectivity index (χ1v) is 4.96. The highest BCUT2D eigenvalue weighted by molar-refractivity contribution is 6.30. The van der Waals surface area contributed by atoms with Crippen molar-refractivity contribution < 1.29 is 8.91 Å². The predicted octanol–water partition coefficient (Wildman–Crippen LogP) is 2.22. The lowest BCUT2D eigenvalue weighted by Crippen LogP contribution is -2.12. The summed E-state index contributed by atoms with van der Waals surface area (Å²) >= 11 is 5.57. The van der Waals surface area contributed by atoms with Gasteiger partial charge in [0, 0.05) is 0 Å². The van der Waals surface area contributed by atoms with Crippen LogP contribution in [0.3, 0.4) is 0 Å². The Bertz CT molecular complexity index is 515. The van der Waals surface area contributed by atoms with Gasteiger partial charge in [0.2, 0.25) is 5.89 Å². The van der Waals surface area contributed by atoms with Crippen molar-refractivity contribution in [2.24, 2.45) is 5.73 Å². The van der Waals surface area contributed by atoms with Crippen molar-refractivity contribution in [2.75, 3.05) is 0 Å². The summed E-state index contributed by atoms with van der Waals surface area (Å²) in [4.78, 5) is 3.98. The number of rotatable bonds is 2. The molecule has 0 saturated heterocycles. The fraction of sp³-hybridized carbons (Fsp3) is 0.200. The van der Waals surface area contributed by atoms with Crippen molar-refractivity contribution in [3.05, 3.63) is 46.3 Å². The molecule has 16 heavy (non-hydrogen) atoms. The van der Waals surface area contributed by atoms with Crippen LogP contribution in [0.4, 0.5) is 4.39 Å². The first-order chi connectivity index (χ1) is 7.58. The molecular weight excluding hydrogens is 233 g/mol. The molecule has 0 spiro atoms. The van der Waals surface area contributed by atoms with Gasteiger partial charge in [-0.1, -0.05) is 22.8 Å². The van der Waals surface area contributed by atoms with E-state index in [0.29, 0.717) is 11.4 Å². The van der Waals surface area contributed by atoms with Gasteiger partial charge in [0.1, 0.15) is 11.9 Å². The second-order valence-corrected chi connectivity index (χ2v) is 3.74. The number of benzene rings is 1. The molecular formula is C10H9ClFN3O. The summed E-state index contributed by atoms with van der Waals surface area (Å²) in [6, 6.07) is 3.67. The van der Waals surface area contributed by atoms with Crippen molar-refractivity contribution in [3.63, 3.8) is 0 Å². The highest BCUT2D eigenvalue weighted by Crippen LogP contribution is 2.22. The van der Waals surface area contributed by atoms with E-state index in [1.54, 1.807) is 13.0 Å². The molecule has 1 atom stereocenters. The smallest absolute Gasteiger partial charge is 0.248 e. The molecule has 0 aliphatic carbocycles. The number of hydrogen-bond acceptors (Lipinski definition) is 4. The first kappa shape index (κ1) is 11.0. The SMILES string of the molecule is Cc1noc(C(N)c2ccc(Cl)c(F)c2)n1. The summed E-state index contributed by atoms with van der Waals surface area (Å²) in [5.74, 6) is 0.213. The molecule has 0 fully saturated rings. The number of nitrogens with zero attached hydrogens (tertiary/aromatic N) is 2. The van der Waals surface area contributed by atoms with E-state index in [2.05, 4.69) is 10.1 Å². The van der Waals surface area contributed by atoms with Crippen LogP contribution in [0.2, 0.25) is 5.02 Å². The third-order valence-electron chi connectivity index (χ3n) is 2.11. The normalized spacial score (nSPS) is 12.8. The van der Waals surface area contributed by atoms with Gasteiger partial charge in [-0.05, 0) is 24.6 Å². The van der Waals surface area contributed by atoms with Crippen LogP contribution < -0.4 is 5.73 Å². The molecule has 2 N–H and O–H groups in total. The van der Waals surface area contributed by atoms with Gasteiger partial charge in [0.05, 0.1) is 5.02 Å². The third-order valence-corrected chi connectivity index (χ3v) is 2.42. The Morgan fingerprint density at radius 3 is 2.81 bits per heavy atom. The highest BCUT2D eigenvalue weighted by atomic mass is 35.5. The number of hydrogen-bond donors (Lipinski definition) is 1. The van der Waals surface area contributed by atoms with E-state index in [9.17, 15) is 4.39 Å². The van der Waals surface area contributed by atoms with E-state index >= 15 is 0 Å². The monoisotopic (exact) mass is 241 g/mol. The average Bonchev–Trinajstić information content (AvgIpc) is 2.68. The van der Waals surface area contributed by atoms with E-state index in [-0.39, 0.29) is 10.9 Å². The predicted molar refractivity (Wildman–Crippen MR) is 56.5 cm³/mol. The molecule has 0 aliphatic heterocycles. The molecule has 1 aromatic heterocycles. The van der Waals surface area contributed by atoms with Crippen molar-refractivity contribution in [2.45, 2.75) is 13.0 Å². The van der Waals surface area contributed by atoms with Gasteiger partial charge in [-0.15, -0.1) is 0 Å². The number of aryl methyl sites for hydroxylation is 1. The fourth-order valence-electron chi connectivity index (χ4n) is 1.29. The molecule has 0 bridgehead atoms. The Morgan fingerprint density at radius 1 is 1.50 bits per heavy atom. The maximum Gasteiger partial charge on any atom is 0.248 e. The zero-order valence-corrected chi connectivity index (χ0v) is 9.20. The van der Waals surface area contributed by atoms with Crippen molar-refractivity contribution >= 4 is 11.6 Å². The summed E-state index contributed by atoms with van der Waals surface area (Å²) < 4.78 is 18.1. The van der Waals surface area contributed by atoms with Crippen LogP contribution in [0.1, 0.15) is 23.3 Å². The van der Waals surface area contributed by atoms with Crippen LogP contribution in [-0.4, -0.2) is 10.1 Å². The van der Waals surface area contributed by atoms with E-state index in [1.165, 1.54) is 12.1 Å². The van der Waals surface area contributed by atoms with Crippen LogP contribution in [0.25, 0.3) is 0 Å². The fourth-order valence-corrected chi connectivity index (χ4v) is 1.41. The molecule has 6 heteroatoms. The summed E-state index contributed by atoms with van der Waals surface area (Å²) in [5, 5.41) is 3.67. The summed E-state index contributed by atoms with van der Waals surface area (Å²) in [7, 11) is 0. The zero-order valence-electron chi connectivity index (χ0n) is 8.45. The van der Waals surface area contributed by atoms with E-state index in [0.717, 1.165) is 0 Å². The number of halogens is 2. The molecule has 2 aromatic rings. The lowest BCUT2D eigenvalue weighted by Gasteiger charge is -2.07. The van der Waals surface area contributed by atoms with Crippen LogP contribution in [0.5, 0.6) is 0 Å². The second kappa shape index (κ2) is 4.19. The zero-order chi connectivity index (χ0) is 11.7. The molecule has 84 valence electrons. The second-order valence-electron chi connectivity index (χ2n) is 3.33. The van der Waals surface area contributed by atoms with Crippen molar-refractivity contribution in [1.29, 1.82) is 0 Å². The average molecular weight is 242 g/mol. The molecule has 0 saturated carbocycles. The maximum atomic E-state index is 13.2. The lowest BCUT2D eigenvalue weighted by molar-refractivity contribution is 0.363. The number of aromatic nitrogens is 2. The van der Waals surface area contributed by atoms with Gasteiger partial charge in [-0.25, -0.2) is 4.39 Å². The van der Waals surface area contributed by atoms with Gasteiger partial charge in [-0.3, -0.25) is 0 Å². The molecule has 0 amide bonds. The standard InChI is InChI=1S/C10H9ClFN3O/c1-5-14-10(16-15-5)9(13)6-2-3-7(11)8(12)4-6/h2-4,9H,13H2,1H3. The minimum atomic E-state index is -0.645. The summed E-state index contributed by atoms with van der Waals surface area (Å²) in [5.41, 5.74) is 6.38.